The number of anilines is 1. The third-order valence-electron chi connectivity index (χ3n) is 3.34. The third-order valence-corrected chi connectivity index (χ3v) is 3.34. The van der Waals surface area contributed by atoms with Gasteiger partial charge in [0.05, 0.1) is 11.1 Å². The van der Waals surface area contributed by atoms with Gasteiger partial charge in [0.15, 0.2) is 6.73 Å². The van der Waals surface area contributed by atoms with Gasteiger partial charge in [0.1, 0.15) is 5.75 Å². The SMILES string of the molecule is Cc1ccc(OCNC(=O)Nc2cc(C(F)(F)F)cc(C(F)(F)F)c2)cc1. The standard InChI is InChI=1S/C17H14F6N2O2/c1-10-2-4-14(5-3-10)27-9-24-15(26)25-13-7-11(16(18,19)20)6-12(8-13)17(21,22)23/h2-8H,9H2,1H3,(H2,24,25,26). The second kappa shape index (κ2) is 7.77. The van der Waals surface area contributed by atoms with E-state index in [0.29, 0.717) is 17.9 Å². The molecule has 0 atom stereocenters. The molecule has 2 rings (SSSR count). The number of ether oxygens (including phenoxy) is 1. The van der Waals surface area contributed by atoms with Crippen LogP contribution in [0.25, 0.3) is 0 Å². The van der Waals surface area contributed by atoms with E-state index in [-0.39, 0.29) is 12.8 Å². The molecule has 0 heterocycles. The minimum absolute atomic E-state index is 0.0242. The molecule has 0 saturated carbocycles. The van der Waals surface area contributed by atoms with Gasteiger partial charge in [-0.05, 0) is 37.3 Å². The third kappa shape index (κ3) is 6.08. The van der Waals surface area contributed by atoms with Crippen LogP contribution in [0.4, 0.5) is 36.8 Å². The fraction of sp³-hybridized carbons (Fsp3) is 0.235. The summed E-state index contributed by atoms with van der Waals surface area (Å²) in [6.45, 7) is 1.53. The molecule has 0 unspecified atom stereocenters. The largest absolute Gasteiger partial charge is 0.473 e. The molecule has 0 fully saturated rings. The highest BCUT2D eigenvalue weighted by Crippen LogP contribution is 2.37. The Hall–Kier alpha value is -2.91. The Morgan fingerprint density at radius 2 is 1.44 bits per heavy atom. The molecule has 0 spiro atoms. The molecule has 0 aliphatic rings. The van der Waals surface area contributed by atoms with Crippen LogP contribution >= 0.6 is 0 Å². The number of rotatable bonds is 4. The number of alkyl halides is 6. The Balaban J connectivity index is 2.04. The number of hydrogen-bond acceptors (Lipinski definition) is 2. The number of urea groups is 1. The lowest BCUT2D eigenvalue weighted by Gasteiger charge is -2.15. The van der Waals surface area contributed by atoms with Crippen LogP contribution in [0, 0.1) is 6.92 Å². The summed E-state index contributed by atoms with van der Waals surface area (Å²) < 4.78 is 81.9. The van der Waals surface area contributed by atoms with E-state index in [4.69, 9.17) is 4.74 Å². The second-order valence-electron chi connectivity index (χ2n) is 5.53. The number of benzene rings is 2. The van der Waals surface area contributed by atoms with E-state index >= 15 is 0 Å². The van der Waals surface area contributed by atoms with Crippen LogP contribution in [-0.2, 0) is 12.4 Å². The summed E-state index contributed by atoms with van der Waals surface area (Å²) in [6.07, 6.45) is -9.99. The Kier molecular flexibility index (Phi) is 5.87. The van der Waals surface area contributed by atoms with Crippen LogP contribution in [0.3, 0.4) is 0 Å². The van der Waals surface area contributed by atoms with Crippen LogP contribution in [0.1, 0.15) is 16.7 Å². The van der Waals surface area contributed by atoms with Crippen molar-refractivity contribution in [3.8, 4) is 5.75 Å². The summed E-state index contributed by atoms with van der Waals surface area (Å²) in [7, 11) is 0. The number of aryl methyl sites for hydroxylation is 1. The van der Waals surface area contributed by atoms with Gasteiger partial charge < -0.3 is 15.4 Å². The summed E-state index contributed by atoms with van der Waals surface area (Å²) in [5, 5.41) is 4.11. The predicted molar refractivity (Wildman–Crippen MR) is 85.3 cm³/mol. The van der Waals surface area contributed by atoms with Crippen LogP contribution in [0.2, 0.25) is 0 Å². The second-order valence-corrected chi connectivity index (χ2v) is 5.53. The van der Waals surface area contributed by atoms with E-state index in [1.165, 1.54) is 0 Å². The lowest BCUT2D eigenvalue weighted by atomic mass is 10.1. The predicted octanol–water partition coefficient (Wildman–Crippen LogP) is 5.19. The molecule has 2 amide bonds. The highest BCUT2D eigenvalue weighted by atomic mass is 19.4. The van der Waals surface area contributed by atoms with Gasteiger partial charge in [0.25, 0.3) is 0 Å². The molecule has 0 aliphatic heterocycles. The van der Waals surface area contributed by atoms with Crippen LogP contribution in [0.15, 0.2) is 42.5 Å². The van der Waals surface area contributed by atoms with Crippen molar-refractivity contribution in [2.75, 3.05) is 12.0 Å². The monoisotopic (exact) mass is 392 g/mol. The number of hydrogen-bond donors (Lipinski definition) is 2. The molecule has 0 aliphatic carbocycles. The first-order valence-electron chi connectivity index (χ1n) is 7.49. The van der Waals surface area contributed by atoms with Crippen LogP contribution < -0.4 is 15.4 Å². The molecule has 0 aromatic heterocycles. The van der Waals surface area contributed by atoms with Crippen LogP contribution in [-0.4, -0.2) is 12.8 Å². The van der Waals surface area contributed by atoms with Gasteiger partial charge in [-0.3, -0.25) is 0 Å². The zero-order valence-electron chi connectivity index (χ0n) is 13.8. The highest BCUT2D eigenvalue weighted by molar-refractivity contribution is 5.89. The number of amides is 2. The van der Waals surface area contributed by atoms with Crippen molar-refractivity contribution in [3.63, 3.8) is 0 Å². The van der Waals surface area contributed by atoms with Crippen molar-refractivity contribution < 1.29 is 35.9 Å². The average Bonchev–Trinajstić information content (AvgIpc) is 2.55. The summed E-state index contributed by atoms with van der Waals surface area (Å²) in [4.78, 5) is 11.7. The van der Waals surface area contributed by atoms with Crippen molar-refractivity contribution in [2.45, 2.75) is 19.3 Å². The molecule has 0 bridgehead atoms. The van der Waals surface area contributed by atoms with Gasteiger partial charge in [-0.2, -0.15) is 26.3 Å². The molecule has 0 radical (unpaired) electrons. The summed E-state index contributed by atoms with van der Waals surface area (Å²) in [5.41, 5.74) is -2.71. The molecule has 0 saturated heterocycles. The molecule has 2 aromatic carbocycles. The number of halogens is 6. The average molecular weight is 392 g/mol. The minimum atomic E-state index is -5.00. The molecule has 10 heteroatoms. The maximum Gasteiger partial charge on any atom is 0.416 e. The molecular weight excluding hydrogens is 378 g/mol. The van der Waals surface area contributed by atoms with Crippen LogP contribution in [0.5, 0.6) is 5.75 Å². The summed E-state index contributed by atoms with van der Waals surface area (Å²) in [6, 6.07) is 6.58. The fourth-order valence-electron chi connectivity index (χ4n) is 2.02. The molecular formula is C17H14F6N2O2. The quantitative estimate of drug-likeness (QED) is 0.556. The van der Waals surface area contributed by atoms with Crippen molar-refractivity contribution >= 4 is 11.7 Å². The maximum absolute atomic E-state index is 12.8. The Bertz CT molecular complexity index is 768. The van der Waals surface area contributed by atoms with Gasteiger partial charge in [0, 0.05) is 5.69 Å². The zero-order chi connectivity index (χ0) is 20.2. The van der Waals surface area contributed by atoms with E-state index < -0.39 is 35.2 Å². The molecule has 146 valence electrons. The Labute approximate surface area is 150 Å². The lowest BCUT2D eigenvalue weighted by molar-refractivity contribution is -0.143. The van der Waals surface area contributed by atoms with Crippen molar-refractivity contribution in [3.05, 3.63) is 59.2 Å². The van der Waals surface area contributed by atoms with Gasteiger partial charge in [-0.15, -0.1) is 0 Å². The Morgan fingerprint density at radius 3 is 1.93 bits per heavy atom. The van der Waals surface area contributed by atoms with Gasteiger partial charge >= 0.3 is 18.4 Å². The maximum atomic E-state index is 12.8. The van der Waals surface area contributed by atoms with Crippen molar-refractivity contribution in [2.24, 2.45) is 0 Å². The number of carbonyl (C=O) groups is 1. The van der Waals surface area contributed by atoms with Gasteiger partial charge in [-0.25, -0.2) is 4.79 Å². The summed E-state index contributed by atoms with van der Waals surface area (Å²) >= 11 is 0. The number of nitrogens with one attached hydrogen (secondary N) is 2. The van der Waals surface area contributed by atoms with E-state index in [1.807, 2.05) is 12.2 Å². The first-order chi connectivity index (χ1) is 12.4. The van der Waals surface area contributed by atoms with Gasteiger partial charge in [-0.1, -0.05) is 17.7 Å². The van der Waals surface area contributed by atoms with E-state index in [0.717, 1.165) is 5.56 Å². The smallest absolute Gasteiger partial charge is 0.416 e. The van der Waals surface area contributed by atoms with E-state index in [2.05, 4.69) is 5.32 Å². The zero-order valence-corrected chi connectivity index (χ0v) is 13.8. The topological polar surface area (TPSA) is 50.4 Å². The lowest BCUT2D eigenvalue weighted by Crippen LogP contribution is -2.32. The fourth-order valence-corrected chi connectivity index (χ4v) is 2.02. The first-order valence-corrected chi connectivity index (χ1v) is 7.49. The Morgan fingerprint density at radius 1 is 0.926 bits per heavy atom. The highest BCUT2D eigenvalue weighted by Gasteiger charge is 2.37. The molecule has 27 heavy (non-hydrogen) atoms. The minimum Gasteiger partial charge on any atom is -0.473 e. The molecule has 4 nitrogen and oxygen atoms in total. The van der Waals surface area contributed by atoms with Crippen molar-refractivity contribution in [1.82, 2.24) is 5.32 Å². The first kappa shape index (κ1) is 20.4. The van der Waals surface area contributed by atoms with E-state index in [1.54, 1.807) is 24.3 Å². The number of carbonyl (C=O) groups excluding carboxylic acids is 1. The normalized spacial score (nSPS) is 11.8. The molecule has 2 aromatic rings. The van der Waals surface area contributed by atoms with E-state index in [9.17, 15) is 31.1 Å². The summed E-state index contributed by atoms with van der Waals surface area (Å²) in [5.74, 6) is 0.430. The van der Waals surface area contributed by atoms with Crippen molar-refractivity contribution in [1.29, 1.82) is 0 Å². The van der Waals surface area contributed by atoms with Gasteiger partial charge in [0.2, 0.25) is 0 Å². The molecule has 2 N–H and O–H groups in total.